The molecule has 1 aliphatic heterocycles. The first kappa shape index (κ1) is 22.6. The summed E-state index contributed by atoms with van der Waals surface area (Å²) in [5, 5.41) is 0. The first-order chi connectivity index (χ1) is 15.0. The van der Waals surface area contributed by atoms with Gasteiger partial charge in [-0.05, 0) is 43.1 Å². The highest BCUT2D eigenvalue weighted by Gasteiger charge is 2.67. The molecule has 0 amide bonds. The van der Waals surface area contributed by atoms with Crippen LogP contribution in [0.5, 0.6) is 0 Å². The predicted molar refractivity (Wildman–Crippen MR) is 110 cm³/mol. The fourth-order valence-corrected chi connectivity index (χ4v) is 6.72. The van der Waals surface area contributed by atoms with Gasteiger partial charge in [0.15, 0.2) is 11.9 Å². The van der Waals surface area contributed by atoms with Crippen LogP contribution in [0.2, 0.25) is 0 Å². The molecular weight excluding hydrogens is 416 g/mol. The number of ether oxygens (including phenoxy) is 3. The topological polar surface area (TPSA) is 109 Å². The number of esters is 3. The molecule has 2 saturated carbocycles. The molecule has 0 bridgehead atoms. The average Bonchev–Trinajstić information content (AvgIpc) is 3.14. The molecule has 3 aliphatic rings. The van der Waals surface area contributed by atoms with Crippen molar-refractivity contribution in [2.24, 2.45) is 28.6 Å². The Hall–Kier alpha value is -2.64. The number of hydrogen-bond donors (Lipinski definition) is 0. The van der Waals surface area contributed by atoms with Crippen molar-refractivity contribution in [3.63, 3.8) is 0 Å². The van der Waals surface area contributed by atoms with E-state index in [0.29, 0.717) is 25.0 Å². The highest BCUT2D eigenvalue weighted by molar-refractivity contribution is 5.93. The molecule has 4 rings (SSSR count). The van der Waals surface area contributed by atoms with Crippen molar-refractivity contribution >= 4 is 23.7 Å². The van der Waals surface area contributed by atoms with E-state index in [1.165, 1.54) is 14.0 Å². The molecule has 2 heterocycles. The Morgan fingerprint density at radius 1 is 1.19 bits per heavy atom. The Labute approximate surface area is 186 Å². The van der Waals surface area contributed by atoms with Crippen molar-refractivity contribution < 1.29 is 37.8 Å². The van der Waals surface area contributed by atoms with Gasteiger partial charge in [-0.15, -0.1) is 0 Å². The highest BCUT2D eigenvalue weighted by Crippen LogP contribution is 2.65. The summed E-state index contributed by atoms with van der Waals surface area (Å²) in [5.41, 5.74) is -0.729. The quantitative estimate of drug-likeness (QED) is 0.514. The standard InChI is InChI=1S/C24H30O8/c1-12-14(7-9-30-12)18-11-24(4)15(22(28)32-18)6-8-23(3)16(21(27)29-5)10-17(31-13(2)25)19(26)20(23)24/h7,9,15-18,20H,6,8,10-11H2,1-5H3/t15-,16-,17-,18-,20-,23-,24-/m0/s1. The second-order valence-electron chi connectivity index (χ2n) is 9.91. The molecule has 7 atom stereocenters. The number of methoxy groups -OCH3 is 1. The Kier molecular flexibility index (Phi) is 5.46. The van der Waals surface area contributed by atoms with E-state index in [2.05, 4.69) is 0 Å². The number of rotatable bonds is 3. The largest absolute Gasteiger partial charge is 0.469 e. The smallest absolute Gasteiger partial charge is 0.310 e. The molecule has 0 aromatic carbocycles. The number of cyclic esters (lactones) is 1. The molecule has 0 unspecified atom stereocenters. The van der Waals surface area contributed by atoms with Crippen LogP contribution >= 0.6 is 0 Å². The van der Waals surface area contributed by atoms with E-state index in [1.54, 1.807) is 19.3 Å². The van der Waals surface area contributed by atoms with Crippen LogP contribution in [0.4, 0.5) is 0 Å². The summed E-state index contributed by atoms with van der Waals surface area (Å²) in [6, 6.07) is 1.78. The normalized spacial score (nSPS) is 38.8. The molecule has 8 heteroatoms. The van der Waals surface area contributed by atoms with Crippen LogP contribution in [0.15, 0.2) is 16.7 Å². The van der Waals surface area contributed by atoms with Crippen molar-refractivity contribution in [1.82, 2.24) is 0 Å². The van der Waals surface area contributed by atoms with Gasteiger partial charge in [-0.3, -0.25) is 19.2 Å². The van der Waals surface area contributed by atoms with Crippen molar-refractivity contribution in [2.75, 3.05) is 7.11 Å². The van der Waals surface area contributed by atoms with Crippen molar-refractivity contribution in [1.29, 1.82) is 0 Å². The van der Waals surface area contributed by atoms with E-state index in [-0.39, 0.29) is 18.2 Å². The average molecular weight is 446 g/mol. The lowest BCUT2D eigenvalue weighted by Crippen LogP contribution is -2.64. The van der Waals surface area contributed by atoms with Crippen LogP contribution in [0.25, 0.3) is 0 Å². The Morgan fingerprint density at radius 3 is 2.50 bits per heavy atom. The molecule has 8 nitrogen and oxygen atoms in total. The summed E-state index contributed by atoms with van der Waals surface area (Å²) in [6.45, 7) is 6.92. The number of carbonyl (C=O) groups excluding carboxylic acids is 4. The number of carbonyl (C=O) groups is 4. The summed E-state index contributed by atoms with van der Waals surface area (Å²) in [6.07, 6.45) is 1.47. The Balaban J connectivity index is 1.80. The molecule has 1 aromatic heterocycles. The zero-order chi connectivity index (χ0) is 23.4. The van der Waals surface area contributed by atoms with Gasteiger partial charge in [0.2, 0.25) is 0 Å². The minimum atomic E-state index is -1.04. The predicted octanol–water partition coefficient (Wildman–Crippen LogP) is 3.31. The first-order valence-corrected chi connectivity index (χ1v) is 11.1. The van der Waals surface area contributed by atoms with Gasteiger partial charge in [-0.25, -0.2) is 0 Å². The van der Waals surface area contributed by atoms with Gasteiger partial charge in [0.05, 0.1) is 25.2 Å². The van der Waals surface area contributed by atoms with E-state index >= 15 is 0 Å². The molecule has 0 N–H and O–H groups in total. The van der Waals surface area contributed by atoms with Gasteiger partial charge in [0.1, 0.15) is 11.9 Å². The van der Waals surface area contributed by atoms with Crippen LogP contribution in [-0.2, 0) is 33.4 Å². The lowest BCUT2D eigenvalue weighted by Gasteiger charge is -2.61. The molecule has 1 saturated heterocycles. The number of furan rings is 1. The number of Topliss-reactive ketones (excluding diaryl/α,β-unsaturated/α-hetero) is 1. The maximum atomic E-state index is 13.8. The third-order valence-electron chi connectivity index (χ3n) is 8.14. The van der Waals surface area contributed by atoms with E-state index < -0.39 is 52.7 Å². The molecule has 0 radical (unpaired) electrons. The SMILES string of the molecule is COC(=O)[C@@H]1C[C@H](OC(C)=O)C(=O)[C@H]2[C@@]1(C)CC[C@H]1C(=O)O[C@H](c3ccoc3C)C[C@]21C. The van der Waals surface area contributed by atoms with E-state index in [0.717, 1.165) is 5.56 Å². The summed E-state index contributed by atoms with van der Waals surface area (Å²) in [4.78, 5) is 51.4. The summed E-state index contributed by atoms with van der Waals surface area (Å²) in [7, 11) is 1.32. The maximum Gasteiger partial charge on any atom is 0.310 e. The third kappa shape index (κ3) is 3.26. The van der Waals surface area contributed by atoms with Crippen LogP contribution < -0.4 is 0 Å². The van der Waals surface area contributed by atoms with Crippen LogP contribution in [0.1, 0.15) is 63.9 Å². The molecular formula is C24H30O8. The zero-order valence-electron chi connectivity index (χ0n) is 19.1. The van der Waals surface area contributed by atoms with Crippen molar-refractivity contribution in [2.45, 2.75) is 65.6 Å². The van der Waals surface area contributed by atoms with Crippen LogP contribution in [-0.4, -0.2) is 36.9 Å². The summed E-state index contributed by atoms with van der Waals surface area (Å²) in [5.74, 6) is -2.70. The Morgan fingerprint density at radius 2 is 1.91 bits per heavy atom. The molecule has 2 aliphatic carbocycles. The lowest BCUT2D eigenvalue weighted by molar-refractivity contribution is -0.210. The van der Waals surface area contributed by atoms with Gasteiger partial charge in [-0.1, -0.05) is 13.8 Å². The minimum absolute atomic E-state index is 0.0908. The highest BCUT2D eigenvalue weighted by atomic mass is 16.6. The van der Waals surface area contributed by atoms with Crippen LogP contribution in [0, 0.1) is 35.5 Å². The van der Waals surface area contributed by atoms with Gasteiger partial charge in [-0.2, -0.15) is 0 Å². The van der Waals surface area contributed by atoms with Gasteiger partial charge in [0, 0.05) is 24.8 Å². The number of fused-ring (bicyclic) bond motifs is 3. The molecule has 1 aromatic rings. The van der Waals surface area contributed by atoms with Crippen LogP contribution in [0.3, 0.4) is 0 Å². The maximum absolute atomic E-state index is 13.8. The molecule has 32 heavy (non-hydrogen) atoms. The minimum Gasteiger partial charge on any atom is -0.469 e. The Bertz CT molecular complexity index is 963. The van der Waals surface area contributed by atoms with E-state index in [1.807, 2.05) is 13.8 Å². The summed E-state index contributed by atoms with van der Waals surface area (Å²) < 4.78 is 21.7. The fourth-order valence-electron chi connectivity index (χ4n) is 6.72. The lowest BCUT2D eigenvalue weighted by atomic mass is 9.43. The first-order valence-electron chi connectivity index (χ1n) is 11.1. The molecule has 0 spiro atoms. The van der Waals surface area contributed by atoms with Crippen molar-refractivity contribution in [3.05, 3.63) is 23.7 Å². The second kappa shape index (κ2) is 7.74. The van der Waals surface area contributed by atoms with E-state index in [9.17, 15) is 19.2 Å². The summed E-state index contributed by atoms with van der Waals surface area (Å²) >= 11 is 0. The second-order valence-corrected chi connectivity index (χ2v) is 9.91. The molecule has 174 valence electrons. The van der Waals surface area contributed by atoms with Gasteiger partial charge >= 0.3 is 17.9 Å². The fraction of sp³-hybridized carbons (Fsp3) is 0.667. The number of ketones is 1. The third-order valence-corrected chi connectivity index (χ3v) is 8.14. The monoisotopic (exact) mass is 446 g/mol. The number of aryl methyl sites for hydroxylation is 1. The van der Waals surface area contributed by atoms with Crippen molar-refractivity contribution in [3.8, 4) is 0 Å². The van der Waals surface area contributed by atoms with Gasteiger partial charge in [0.25, 0.3) is 0 Å². The molecule has 3 fully saturated rings. The van der Waals surface area contributed by atoms with Gasteiger partial charge < -0.3 is 18.6 Å². The zero-order valence-corrected chi connectivity index (χ0v) is 19.1. The number of hydrogen-bond acceptors (Lipinski definition) is 8. The van der Waals surface area contributed by atoms with E-state index in [4.69, 9.17) is 18.6 Å².